The first-order valence-corrected chi connectivity index (χ1v) is 9.97. The normalized spacial score (nSPS) is 12.3. The molecule has 0 amide bonds. The van der Waals surface area contributed by atoms with Crippen molar-refractivity contribution in [3.8, 4) is 6.07 Å². The molecule has 0 radical (unpaired) electrons. The van der Waals surface area contributed by atoms with Crippen LogP contribution < -0.4 is 0 Å². The fourth-order valence-corrected chi connectivity index (χ4v) is 3.24. The number of benzene rings is 1. The Hall–Kier alpha value is -3.31. The van der Waals surface area contributed by atoms with Crippen molar-refractivity contribution in [3.05, 3.63) is 81.8 Å². The van der Waals surface area contributed by atoms with Crippen LogP contribution in [0.3, 0.4) is 0 Å². The fourth-order valence-electron chi connectivity index (χ4n) is 3.06. The molecule has 1 heterocycles. The molecule has 0 saturated carbocycles. The van der Waals surface area contributed by atoms with E-state index in [0.29, 0.717) is 16.7 Å². The Morgan fingerprint density at radius 2 is 1.97 bits per heavy atom. The Labute approximate surface area is 189 Å². The first-order chi connectivity index (χ1) is 15.1. The number of halogens is 4. The van der Waals surface area contributed by atoms with E-state index < -0.39 is 17.8 Å². The van der Waals surface area contributed by atoms with Gasteiger partial charge in [-0.25, -0.2) is 9.78 Å². The van der Waals surface area contributed by atoms with Crippen LogP contribution in [0, 0.1) is 11.3 Å². The Balaban J connectivity index is 2.53. The van der Waals surface area contributed by atoms with Crippen molar-refractivity contribution < 1.29 is 22.7 Å². The highest BCUT2D eigenvalue weighted by Gasteiger charge is 2.39. The lowest BCUT2D eigenvalue weighted by atomic mass is 10.0. The van der Waals surface area contributed by atoms with Crippen LogP contribution in [-0.4, -0.2) is 35.7 Å². The van der Waals surface area contributed by atoms with Crippen molar-refractivity contribution in [1.82, 2.24) is 9.88 Å². The molecule has 0 atom stereocenters. The summed E-state index contributed by atoms with van der Waals surface area (Å²) < 4.78 is 47.4. The molecule has 0 bridgehead atoms. The van der Waals surface area contributed by atoms with Gasteiger partial charge in [-0.15, -0.1) is 0 Å². The second-order valence-corrected chi connectivity index (χ2v) is 7.07. The van der Waals surface area contributed by atoms with E-state index in [0.717, 1.165) is 4.90 Å². The van der Waals surface area contributed by atoms with Gasteiger partial charge in [-0.2, -0.15) is 18.4 Å². The summed E-state index contributed by atoms with van der Waals surface area (Å²) in [6, 6.07) is 9.17. The Morgan fingerprint density at radius 3 is 2.50 bits per heavy atom. The quantitative estimate of drug-likeness (QED) is 0.296. The minimum absolute atomic E-state index is 0.0160. The number of pyridine rings is 1. The molecule has 0 aliphatic carbocycles. The topological polar surface area (TPSA) is 66.2 Å². The van der Waals surface area contributed by atoms with Crippen LogP contribution >= 0.6 is 11.6 Å². The van der Waals surface area contributed by atoms with Gasteiger partial charge in [-0.3, -0.25) is 0 Å². The number of nitriles is 1. The maximum Gasteiger partial charge on any atom is 0.431 e. The molecule has 0 saturated heterocycles. The van der Waals surface area contributed by atoms with E-state index in [1.807, 2.05) is 6.07 Å². The number of allylic oxidation sites excluding steroid dienone is 4. The average molecular weight is 464 g/mol. The van der Waals surface area contributed by atoms with Gasteiger partial charge in [0.25, 0.3) is 0 Å². The van der Waals surface area contributed by atoms with Gasteiger partial charge in [-0.1, -0.05) is 35.9 Å². The van der Waals surface area contributed by atoms with Crippen molar-refractivity contribution in [3.63, 3.8) is 0 Å². The zero-order valence-corrected chi connectivity index (χ0v) is 18.5. The lowest BCUT2D eigenvalue weighted by Crippen LogP contribution is -2.29. The van der Waals surface area contributed by atoms with Crippen molar-refractivity contribution >= 4 is 23.1 Å². The summed E-state index contributed by atoms with van der Waals surface area (Å²) in [5, 5.41) is 8.87. The van der Waals surface area contributed by atoms with Gasteiger partial charge in [0.2, 0.25) is 0 Å². The van der Waals surface area contributed by atoms with Crippen LogP contribution in [0.25, 0.3) is 5.57 Å². The molecule has 5 nitrogen and oxygen atoms in total. The molecule has 168 valence electrons. The third-order valence-corrected chi connectivity index (χ3v) is 4.68. The number of alkyl halides is 3. The Kier molecular flexibility index (Phi) is 8.44. The summed E-state index contributed by atoms with van der Waals surface area (Å²) in [4.78, 5) is 17.0. The summed E-state index contributed by atoms with van der Waals surface area (Å²) in [5.41, 5.74) is 0.0449. The molecule has 0 aliphatic heterocycles. The van der Waals surface area contributed by atoms with Gasteiger partial charge in [0.1, 0.15) is 10.9 Å². The molecule has 1 aromatic carbocycles. The lowest BCUT2D eigenvalue weighted by molar-refractivity contribution is -0.109. The Morgan fingerprint density at radius 1 is 1.31 bits per heavy atom. The van der Waals surface area contributed by atoms with Gasteiger partial charge in [0.05, 0.1) is 23.8 Å². The standard InChI is InChI=1S/C23H21ClF3N3O2/c1-4-6-18(17-9-7-15(12-28)8-10-17)20(23(25,26)27)30(3)14-16-11-19(21(24)29-13-16)22(31)32-5-2/h4,6-11,13H,5,14H2,1-3H3/b6-4+,20-18+. The molecular weight excluding hydrogens is 443 g/mol. The number of carbonyl (C=O) groups is 1. The predicted molar refractivity (Wildman–Crippen MR) is 116 cm³/mol. The van der Waals surface area contributed by atoms with Crippen molar-refractivity contribution in [2.75, 3.05) is 13.7 Å². The van der Waals surface area contributed by atoms with Gasteiger partial charge < -0.3 is 9.64 Å². The number of rotatable bonds is 7. The second kappa shape index (κ2) is 10.8. The van der Waals surface area contributed by atoms with Crippen LogP contribution in [-0.2, 0) is 11.3 Å². The summed E-state index contributed by atoms with van der Waals surface area (Å²) in [7, 11) is 1.30. The van der Waals surface area contributed by atoms with Crippen molar-refractivity contribution in [1.29, 1.82) is 5.26 Å². The van der Waals surface area contributed by atoms with Crippen LogP contribution in [0.4, 0.5) is 13.2 Å². The average Bonchev–Trinajstić information content (AvgIpc) is 2.74. The fraction of sp³-hybridized carbons (Fsp3) is 0.261. The number of aromatic nitrogens is 1. The summed E-state index contributed by atoms with van der Waals surface area (Å²) in [6.45, 7) is 3.18. The SMILES string of the molecule is C/C=C/C(=C(\N(C)Cc1cnc(Cl)c(C(=O)OCC)c1)C(F)(F)F)c1ccc(C#N)cc1. The number of esters is 1. The lowest BCUT2D eigenvalue weighted by Gasteiger charge is -2.27. The molecule has 0 spiro atoms. The van der Waals surface area contributed by atoms with Crippen LogP contribution in [0.5, 0.6) is 0 Å². The maximum atomic E-state index is 14.2. The molecule has 2 rings (SSSR count). The van der Waals surface area contributed by atoms with Crippen LogP contribution in [0.15, 0.2) is 54.4 Å². The molecule has 0 N–H and O–H groups in total. The van der Waals surface area contributed by atoms with Crippen molar-refractivity contribution in [2.45, 2.75) is 26.6 Å². The van der Waals surface area contributed by atoms with Crippen LogP contribution in [0.2, 0.25) is 5.15 Å². The smallest absolute Gasteiger partial charge is 0.431 e. The highest BCUT2D eigenvalue weighted by atomic mass is 35.5. The van der Waals surface area contributed by atoms with E-state index in [1.54, 1.807) is 13.8 Å². The summed E-state index contributed by atoms with van der Waals surface area (Å²) in [6.07, 6.45) is -0.491. The molecule has 0 aliphatic rings. The van der Waals surface area contributed by atoms with E-state index >= 15 is 0 Å². The minimum Gasteiger partial charge on any atom is -0.462 e. The zero-order valence-electron chi connectivity index (χ0n) is 17.7. The van der Waals surface area contributed by atoms with E-state index in [-0.39, 0.29) is 29.4 Å². The molecule has 9 heteroatoms. The van der Waals surface area contributed by atoms with Crippen molar-refractivity contribution in [2.24, 2.45) is 0 Å². The molecule has 2 aromatic rings. The highest BCUT2D eigenvalue weighted by Crippen LogP contribution is 2.36. The number of hydrogen-bond donors (Lipinski definition) is 0. The summed E-state index contributed by atoms with van der Waals surface area (Å²) in [5.74, 6) is -0.701. The third-order valence-electron chi connectivity index (χ3n) is 4.37. The van der Waals surface area contributed by atoms with E-state index in [1.165, 1.54) is 55.7 Å². The molecule has 1 aromatic heterocycles. The number of ether oxygens (including phenoxy) is 1. The zero-order chi connectivity index (χ0) is 23.9. The Bertz CT molecular complexity index is 1070. The third kappa shape index (κ3) is 6.11. The van der Waals surface area contributed by atoms with Crippen LogP contribution in [0.1, 0.15) is 40.9 Å². The van der Waals surface area contributed by atoms with E-state index in [2.05, 4.69) is 4.98 Å². The first kappa shape index (κ1) is 25.0. The minimum atomic E-state index is -4.68. The number of carbonyl (C=O) groups excluding carboxylic acids is 1. The second-order valence-electron chi connectivity index (χ2n) is 6.71. The highest BCUT2D eigenvalue weighted by molar-refractivity contribution is 6.32. The van der Waals surface area contributed by atoms with E-state index in [9.17, 15) is 18.0 Å². The molecular formula is C23H21ClF3N3O2. The number of nitrogens with zero attached hydrogens (tertiary/aromatic N) is 3. The molecule has 0 unspecified atom stereocenters. The molecule has 0 fully saturated rings. The largest absolute Gasteiger partial charge is 0.462 e. The molecule has 32 heavy (non-hydrogen) atoms. The van der Waals surface area contributed by atoms with Gasteiger partial charge in [0.15, 0.2) is 0 Å². The van der Waals surface area contributed by atoms with Gasteiger partial charge >= 0.3 is 12.1 Å². The monoisotopic (exact) mass is 463 g/mol. The maximum absolute atomic E-state index is 14.2. The number of hydrogen-bond acceptors (Lipinski definition) is 5. The van der Waals surface area contributed by atoms with Gasteiger partial charge in [0, 0.05) is 25.4 Å². The summed E-state index contributed by atoms with van der Waals surface area (Å²) >= 11 is 5.95. The van der Waals surface area contributed by atoms with Gasteiger partial charge in [-0.05, 0) is 43.2 Å². The van der Waals surface area contributed by atoms with E-state index in [4.69, 9.17) is 21.6 Å². The first-order valence-electron chi connectivity index (χ1n) is 9.59. The predicted octanol–water partition coefficient (Wildman–Crippen LogP) is 5.76.